The average molecular weight is 535 g/mol. The molecule has 1 heterocycles. The summed E-state index contributed by atoms with van der Waals surface area (Å²) < 4.78 is 79.9. The van der Waals surface area contributed by atoms with E-state index in [2.05, 4.69) is 16.1 Å². The summed E-state index contributed by atoms with van der Waals surface area (Å²) in [6, 6.07) is 16.1. The number of anilines is 1. The van der Waals surface area contributed by atoms with Gasteiger partial charge >= 0.3 is 6.18 Å². The minimum atomic E-state index is -4.83. The molecule has 0 aliphatic carbocycles. The van der Waals surface area contributed by atoms with Crippen LogP contribution in [0.1, 0.15) is 21.7 Å². The Kier molecular flexibility index (Phi) is 6.86. The van der Waals surface area contributed by atoms with Crippen LogP contribution in [0.15, 0.2) is 77.7 Å². The number of alkyl halides is 3. The number of nitrogens with one attached hydrogen (secondary N) is 1. The first kappa shape index (κ1) is 26.0. The molecule has 37 heavy (non-hydrogen) atoms. The number of hydrogen-bond donors (Lipinski definition) is 3. The van der Waals surface area contributed by atoms with Gasteiger partial charge in [-0.05, 0) is 29.8 Å². The maximum Gasteiger partial charge on any atom is 0.435 e. The predicted molar refractivity (Wildman–Crippen MR) is 126 cm³/mol. The third-order valence-electron chi connectivity index (χ3n) is 5.44. The molecule has 4 aromatic rings. The summed E-state index contributed by atoms with van der Waals surface area (Å²) in [5.41, 5.74) is 2.69. The van der Waals surface area contributed by atoms with Crippen LogP contribution in [-0.2, 0) is 22.7 Å². The van der Waals surface area contributed by atoms with E-state index in [4.69, 9.17) is 5.14 Å². The lowest BCUT2D eigenvalue weighted by Crippen LogP contribution is -2.47. The minimum Gasteiger partial charge on any atom is -0.354 e. The van der Waals surface area contributed by atoms with Crippen LogP contribution in [0, 0.1) is 5.82 Å². The number of benzene rings is 3. The number of quaternary nitrogens is 1. The predicted octanol–water partition coefficient (Wildman–Crippen LogP) is 3.34. The molecule has 3 aromatic carbocycles. The van der Waals surface area contributed by atoms with Crippen molar-refractivity contribution in [3.8, 4) is 16.8 Å². The zero-order chi connectivity index (χ0) is 27.0. The van der Waals surface area contributed by atoms with Gasteiger partial charge in [-0.25, -0.2) is 22.6 Å². The molecule has 0 aliphatic heterocycles. The van der Waals surface area contributed by atoms with Gasteiger partial charge in [0.25, 0.3) is 5.91 Å². The molecular formula is C24H20F4N5O3S+. The highest BCUT2D eigenvalue weighted by Gasteiger charge is 2.36. The molecule has 13 heteroatoms. The van der Waals surface area contributed by atoms with E-state index in [1.807, 2.05) is 0 Å². The molecule has 1 amide bonds. The van der Waals surface area contributed by atoms with E-state index >= 15 is 0 Å². The summed E-state index contributed by atoms with van der Waals surface area (Å²) >= 11 is 0. The van der Waals surface area contributed by atoms with Crippen LogP contribution >= 0.6 is 0 Å². The number of carbonyl (C=O) groups is 1. The van der Waals surface area contributed by atoms with Crippen molar-refractivity contribution >= 4 is 21.6 Å². The summed E-state index contributed by atoms with van der Waals surface area (Å²) in [6.45, 7) is 0.217. The molecule has 0 saturated heterocycles. The van der Waals surface area contributed by atoms with E-state index in [1.165, 1.54) is 30.3 Å². The molecule has 0 saturated carbocycles. The van der Waals surface area contributed by atoms with Crippen LogP contribution in [-0.4, -0.2) is 24.1 Å². The first-order chi connectivity index (χ1) is 17.4. The topological polar surface area (TPSA) is 135 Å². The largest absolute Gasteiger partial charge is 0.435 e. The Balaban J connectivity index is 1.72. The second-order valence-electron chi connectivity index (χ2n) is 7.89. The van der Waals surface area contributed by atoms with Gasteiger partial charge in [0.2, 0.25) is 10.0 Å². The summed E-state index contributed by atoms with van der Waals surface area (Å²) in [4.78, 5) is 12.8. The first-order valence-corrected chi connectivity index (χ1v) is 12.2. The summed E-state index contributed by atoms with van der Waals surface area (Å²) in [5.74, 6) is -1.99. The highest BCUT2D eigenvalue weighted by molar-refractivity contribution is 7.89. The van der Waals surface area contributed by atoms with Gasteiger partial charge in [-0.15, -0.1) is 0 Å². The zero-order valence-electron chi connectivity index (χ0n) is 19.0. The molecular weight excluding hydrogens is 514 g/mol. The molecule has 0 bridgehead atoms. The van der Waals surface area contributed by atoms with Gasteiger partial charge in [-0.2, -0.15) is 18.3 Å². The van der Waals surface area contributed by atoms with Crippen LogP contribution < -0.4 is 16.2 Å². The molecule has 6 N–H and O–H groups in total. The second-order valence-corrected chi connectivity index (χ2v) is 9.42. The number of halogens is 4. The minimum absolute atomic E-state index is 0.138. The molecule has 8 nitrogen and oxygen atoms in total. The number of para-hydroxylation sites is 1. The van der Waals surface area contributed by atoms with Gasteiger partial charge in [0, 0.05) is 17.2 Å². The van der Waals surface area contributed by atoms with Gasteiger partial charge in [0.15, 0.2) is 5.69 Å². The van der Waals surface area contributed by atoms with Crippen molar-refractivity contribution in [1.82, 2.24) is 9.78 Å². The molecule has 0 aliphatic rings. The Morgan fingerprint density at radius 1 is 1.03 bits per heavy atom. The second kappa shape index (κ2) is 9.76. The monoisotopic (exact) mass is 534 g/mol. The van der Waals surface area contributed by atoms with Crippen LogP contribution in [0.25, 0.3) is 16.8 Å². The number of sulfonamides is 1. The number of nitrogens with two attached hydrogens (primary N) is 1. The molecule has 0 atom stereocenters. The number of amides is 1. The number of primary sulfonamides is 1. The van der Waals surface area contributed by atoms with E-state index in [0.717, 1.165) is 16.8 Å². The zero-order valence-corrected chi connectivity index (χ0v) is 19.8. The van der Waals surface area contributed by atoms with Crippen molar-refractivity contribution in [1.29, 1.82) is 0 Å². The summed E-state index contributed by atoms with van der Waals surface area (Å²) in [5, 5.41) is 11.1. The lowest BCUT2D eigenvalue weighted by molar-refractivity contribution is -0.386. The highest BCUT2D eigenvalue weighted by atomic mass is 32.2. The fourth-order valence-corrected chi connectivity index (χ4v) is 4.48. The normalized spacial score (nSPS) is 11.9. The molecule has 0 spiro atoms. The Hall–Kier alpha value is -4.07. The van der Waals surface area contributed by atoms with Crippen molar-refractivity contribution in [2.45, 2.75) is 17.6 Å². The third kappa shape index (κ3) is 5.38. The van der Waals surface area contributed by atoms with Gasteiger partial charge in [-0.3, -0.25) is 4.79 Å². The van der Waals surface area contributed by atoms with Crippen LogP contribution in [0.4, 0.5) is 23.2 Å². The maximum atomic E-state index is 15.0. The van der Waals surface area contributed by atoms with Crippen LogP contribution in [0.2, 0.25) is 0 Å². The molecule has 0 radical (unpaired) electrons. The molecule has 0 fully saturated rings. The number of aromatic nitrogens is 2. The van der Waals surface area contributed by atoms with Gasteiger partial charge in [0.05, 0.1) is 16.3 Å². The first-order valence-electron chi connectivity index (χ1n) is 10.7. The van der Waals surface area contributed by atoms with E-state index < -0.39 is 39.3 Å². The van der Waals surface area contributed by atoms with Crippen molar-refractivity contribution in [2.75, 3.05) is 5.32 Å². The van der Waals surface area contributed by atoms with Crippen LogP contribution in [0.3, 0.4) is 0 Å². The van der Waals surface area contributed by atoms with Gasteiger partial charge in [-0.1, -0.05) is 42.5 Å². The van der Waals surface area contributed by atoms with E-state index in [9.17, 15) is 30.8 Å². The van der Waals surface area contributed by atoms with E-state index in [0.29, 0.717) is 11.6 Å². The van der Waals surface area contributed by atoms with Gasteiger partial charge in [0.1, 0.15) is 18.1 Å². The van der Waals surface area contributed by atoms with E-state index in [1.54, 1.807) is 24.3 Å². The molecule has 0 unspecified atom stereocenters. The Labute approximate surface area is 208 Å². The Bertz CT molecular complexity index is 1600. The third-order valence-corrected chi connectivity index (χ3v) is 6.41. The quantitative estimate of drug-likeness (QED) is 0.327. The highest BCUT2D eigenvalue weighted by Crippen LogP contribution is 2.32. The number of rotatable bonds is 6. The summed E-state index contributed by atoms with van der Waals surface area (Å²) in [7, 11) is -4.10. The number of nitrogens with zero attached hydrogens (tertiary/aromatic N) is 2. The lowest BCUT2D eigenvalue weighted by Gasteiger charge is -2.12. The standard InChI is InChI=1S/C24H19F4N5O3S/c25-17-11-14(16-6-2-4-8-21(16)37(30,35)36)9-10-18(17)31-23(34)20-12-22(24(26,27)28)32-33(20)19-7-3-1-5-15(19)13-29/h1-12H,13,29H2,(H,31,34)(H2,30,35,36)/p+1. The van der Waals surface area contributed by atoms with Crippen molar-refractivity contribution in [3.05, 3.63) is 95.6 Å². The maximum absolute atomic E-state index is 15.0. The van der Waals surface area contributed by atoms with Crippen molar-refractivity contribution < 1.29 is 36.5 Å². The summed E-state index contributed by atoms with van der Waals surface area (Å²) in [6.07, 6.45) is -4.83. The SMILES string of the molecule is NS(=O)(=O)c1ccccc1-c1ccc(NC(=O)c2cc(C(F)(F)F)nn2-c2ccccc2C[NH3+])c(F)c1. The fraction of sp³-hybridized carbons (Fsp3) is 0.0833. The fourth-order valence-electron chi connectivity index (χ4n) is 3.72. The molecule has 192 valence electrons. The smallest absolute Gasteiger partial charge is 0.354 e. The van der Waals surface area contributed by atoms with Gasteiger partial charge < -0.3 is 11.1 Å². The van der Waals surface area contributed by atoms with Crippen molar-refractivity contribution in [2.24, 2.45) is 5.14 Å². The van der Waals surface area contributed by atoms with Crippen molar-refractivity contribution in [3.63, 3.8) is 0 Å². The number of carbonyl (C=O) groups excluding carboxylic acids is 1. The Morgan fingerprint density at radius 2 is 1.70 bits per heavy atom. The average Bonchev–Trinajstić information content (AvgIpc) is 3.31. The van der Waals surface area contributed by atoms with Crippen LogP contribution in [0.5, 0.6) is 0 Å². The molecule has 4 rings (SSSR count). The lowest BCUT2D eigenvalue weighted by atomic mass is 10.0. The van der Waals surface area contributed by atoms with E-state index in [-0.39, 0.29) is 33.9 Å². The number of hydrogen-bond acceptors (Lipinski definition) is 4. The Morgan fingerprint density at radius 3 is 2.35 bits per heavy atom. The molecule has 1 aromatic heterocycles.